The number of rotatable bonds is 2. The molecule has 35 heavy (non-hydrogen) atoms. The number of hydrazone groups is 1. The van der Waals surface area contributed by atoms with Gasteiger partial charge in [0, 0.05) is 11.9 Å². The number of carbonyl (C=O) groups is 1. The highest BCUT2D eigenvalue weighted by atomic mass is 32.2. The SMILES string of the molecule is CC1=NN(c2ccccc2)C(=O)/C1=c1/s/c(=C2\Sc3ccccc3N2C)c(=O)n1-c1ccccc1. The zero-order valence-corrected chi connectivity index (χ0v) is 20.6. The van der Waals surface area contributed by atoms with Crippen LogP contribution in [0, 0.1) is 0 Å². The van der Waals surface area contributed by atoms with Gasteiger partial charge < -0.3 is 4.90 Å². The van der Waals surface area contributed by atoms with Crippen LogP contribution in [0.25, 0.3) is 16.3 Å². The fraction of sp³-hybridized carbons (Fsp3) is 0.0741. The number of carbonyl (C=O) groups excluding carboxylic acids is 1. The van der Waals surface area contributed by atoms with Gasteiger partial charge in [-0.25, -0.2) is 0 Å². The molecule has 1 amide bonds. The number of aromatic nitrogens is 1. The summed E-state index contributed by atoms with van der Waals surface area (Å²) in [4.78, 5) is 30.7. The van der Waals surface area contributed by atoms with Gasteiger partial charge >= 0.3 is 0 Å². The van der Waals surface area contributed by atoms with Gasteiger partial charge in [-0.3, -0.25) is 14.2 Å². The number of thiazole rings is 1. The third-order valence-electron chi connectivity index (χ3n) is 5.98. The summed E-state index contributed by atoms with van der Waals surface area (Å²) < 4.78 is 2.82. The average Bonchev–Trinajstić information content (AvgIpc) is 3.50. The molecule has 2 aliphatic rings. The van der Waals surface area contributed by atoms with Gasteiger partial charge in [-0.05, 0) is 43.3 Å². The average molecular weight is 497 g/mol. The first-order valence-corrected chi connectivity index (χ1v) is 12.7. The lowest BCUT2D eigenvalue weighted by Crippen LogP contribution is -2.34. The number of benzene rings is 3. The number of anilines is 2. The lowest BCUT2D eigenvalue weighted by molar-refractivity contribution is -0.112. The molecule has 6 rings (SSSR count). The summed E-state index contributed by atoms with van der Waals surface area (Å²) in [6.07, 6.45) is 0. The van der Waals surface area contributed by atoms with E-state index in [1.165, 1.54) is 16.3 Å². The molecule has 0 bridgehead atoms. The highest BCUT2D eigenvalue weighted by molar-refractivity contribution is 8.08. The van der Waals surface area contributed by atoms with E-state index in [1.807, 2.05) is 97.7 Å². The summed E-state index contributed by atoms with van der Waals surface area (Å²) >= 11 is 2.92. The quantitative estimate of drug-likeness (QED) is 0.424. The molecule has 0 aliphatic carbocycles. The first-order valence-electron chi connectivity index (χ1n) is 11.1. The third kappa shape index (κ3) is 3.45. The summed E-state index contributed by atoms with van der Waals surface area (Å²) in [5, 5.41) is 6.81. The van der Waals surface area contributed by atoms with E-state index in [0.717, 1.165) is 15.6 Å². The van der Waals surface area contributed by atoms with Crippen molar-refractivity contribution in [2.45, 2.75) is 11.8 Å². The van der Waals surface area contributed by atoms with Gasteiger partial charge in [0.25, 0.3) is 11.5 Å². The maximum atomic E-state index is 13.9. The Morgan fingerprint density at radius 2 is 1.43 bits per heavy atom. The van der Waals surface area contributed by atoms with Crippen molar-refractivity contribution >= 4 is 56.7 Å². The molecule has 4 aromatic rings. The predicted octanol–water partition coefficient (Wildman–Crippen LogP) is 3.78. The topological polar surface area (TPSA) is 57.9 Å². The number of hydrogen-bond acceptors (Lipinski definition) is 6. The Kier molecular flexibility index (Phi) is 5.20. The Morgan fingerprint density at radius 3 is 2.11 bits per heavy atom. The van der Waals surface area contributed by atoms with Crippen LogP contribution in [0.5, 0.6) is 0 Å². The third-order valence-corrected chi connectivity index (χ3v) is 8.50. The summed E-state index contributed by atoms with van der Waals surface area (Å²) in [5.74, 6) is -0.244. The number of thioether (sulfide) groups is 1. The van der Waals surface area contributed by atoms with Crippen LogP contribution in [-0.4, -0.2) is 23.2 Å². The lowest BCUT2D eigenvalue weighted by Gasteiger charge is -2.11. The molecule has 3 aromatic carbocycles. The number of para-hydroxylation sites is 3. The number of nitrogens with zero attached hydrogens (tertiary/aromatic N) is 4. The van der Waals surface area contributed by atoms with Crippen LogP contribution < -0.4 is 24.7 Å². The maximum Gasteiger partial charge on any atom is 0.283 e. The van der Waals surface area contributed by atoms with Gasteiger partial charge in [0.05, 0.1) is 28.3 Å². The molecule has 3 heterocycles. The lowest BCUT2D eigenvalue weighted by atomic mass is 10.2. The van der Waals surface area contributed by atoms with E-state index in [-0.39, 0.29) is 11.5 Å². The molecule has 0 fully saturated rings. The van der Waals surface area contributed by atoms with Crippen molar-refractivity contribution in [1.82, 2.24) is 4.57 Å². The second-order valence-electron chi connectivity index (χ2n) is 8.16. The Balaban J connectivity index is 1.65. The normalized spacial score (nSPS) is 18.2. The molecule has 172 valence electrons. The van der Waals surface area contributed by atoms with E-state index < -0.39 is 0 Å². The van der Waals surface area contributed by atoms with Crippen molar-refractivity contribution in [3.63, 3.8) is 0 Å². The maximum absolute atomic E-state index is 13.9. The Bertz CT molecular complexity index is 1690. The van der Waals surface area contributed by atoms with Gasteiger partial charge in [-0.2, -0.15) is 10.1 Å². The summed E-state index contributed by atoms with van der Waals surface area (Å²) in [7, 11) is 1.97. The van der Waals surface area contributed by atoms with Crippen molar-refractivity contribution in [2.75, 3.05) is 17.0 Å². The van der Waals surface area contributed by atoms with E-state index in [0.29, 0.717) is 31.9 Å². The van der Waals surface area contributed by atoms with E-state index in [2.05, 4.69) is 11.2 Å². The molecule has 0 atom stereocenters. The molecule has 8 heteroatoms. The standard InChI is InChI=1S/C27H20N4O2S2/c1-17-22(24(32)31(28-17)19-13-7-4-8-14-19)26-30(18-11-5-3-6-12-18)25(33)23(35-26)27-29(2)20-15-9-10-16-21(20)34-27/h3-16H,1-2H3/b26-22+,27-23-. The largest absolute Gasteiger partial charge is 0.337 e. The monoisotopic (exact) mass is 496 g/mol. The van der Waals surface area contributed by atoms with Crippen molar-refractivity contribution in [3.8, 4) is 5.69 Å². The Hall–Kier alpha value is -3.88. The van der Waals surface area contributed by atoms with Crippen LogP contribution in [0.1, 0.15) is 6.92 Å². The van der Waals surface area contributed by atoms with Gasteiger partial charge in [0.1, 0.15) is 14.2 Å². The Labute approximate surface area is 209 Å². The van der Waals surface area contributed by atoms with Crippen LogP contribution in [0.15, 0.2) is 99.7 Å². The highest BCUT2D eigenvalue weighted by Crippen LogP contribution is 2.45. The minimum Gasteiger partial charge on any atom is -0.337 e. The molecular weight excluding hydrogens is 476 g/mol. The number of hydrogen-bond donors (Lipinski definition) is 0. The van der Waals surface area contributed by atoms with Crippen molar-refractivity contribution in [2.24, 2.45) is 5.10 Å². The fourth-order valence-corrected chi connectivity index (χ4v) is 6.83. The Morgan fingerprint density at radius 1 is 0.800 bits per heavy atom. The molecule has 0 radical (unpaired) electrons. The molecule has 6 nitrogen and oxygen atoms in total. The predicted molar refractivity (Wildman–Crippen MR) is 144 cm³/mol. The zero-order chi connectivity index (χ0) is 24.1. The minimum absolute atomic E-state index is 0.149. The summed E-state index contributed by atoms with van der Waals surface area (Å²) in [6, 6.07) is 26.9. The van der Waals surface area contributed by atoms with Crippen molar-refractivity contribution < 1.29 is 4.79 Å². The number of fused-ring (bicyclic) bond motifs is 1. The second kappa shape index (κ2) is 8.41. The molecule has 0 N–H and O–H groups in total. The summed E-state index contributed by atoms with van der Waals surface area (Å²) in [6.45, 7) is 1.81. The van der Waals surface area contributed by atoms with Crippen LogP contribution in [0.3, 0.4) is 0 Å². The molecule has 0 saturated heterocycles. The van der Waals surface area contributed by atoms with Crippen molar-refractivity contribution in [3.05, 3.63) is 104 Å². The minimum atomic E-state index is -0.244. The highest BCUT2D eigenvalue weighted by Gasteiger charge is 2.32. The van der Waals surface area contributed by atoms with E-state index in [1.54, 1.807) is 16.3 Å². The fourth-order valence-electron chi connectivity index (χ4n) is 4.29. The van der Waals surface area contributed by atoms with Crippen LogP contribution in [0.2, 0.25) is 0 Å². The molecule has 0 unspecified atom stereocenters. The van der Waals surface area contributed by atoms with E-state index in [9.17, 15) is 9.59 Å². The van der Waals surface area contributed by atoms with Gasteiger partial charge in [-0.15, -0.1) is 11.3 Å². The first kappa shape index (κ1) is 21.6. The van der Waals surface area contributed by atoms with Crippen LogP contribution >= 0.6 is 23.1 Å². The molecule has 0 spiro atoms. The van der Waals surface area contributed by atoms with Gasteiger partial charge in [0.15, 0.2) is 0 Å². The smallest absolute Gasteiger partial charge is 0.283 e. The first-order chi connectivity index (χ1) is 17.0. The molecule has 0 saturated carbocycles. The van der Waals surface area contributed by atoms with Crippen LogP contribution in [-0.2, 0) is 4.79 Å². The second-order valence-corrected chi connectivity index (χ2v) is 10.2. The number of amides is 1. The van der Waals surface area contributed by atoms with Gasteiger partial charge in [-0.1, -0.05) is 60.3 Å². The van der Waals surface area contributed by atoms with E-state index >= 15 is 0 Å². The zero-order valence-electron chi connectivity index (χ0n) is 19.0. The molecule has 2 aliphatic heterocycles. The summed E-state index contributed by atoms with van der Waals surface area (Å²) in [5.41, 5.74) is 3.33. The van der Waals surface area contributed by atoms with E-state index in [4.69, 9.17) is 0 Å². The molecule has 1 aromatic heterocycles. The van der Waals surface area contributed by atoms with Crippen LogP contribution in [0.4, 0.5) is 11.4 Å². The van der Waals surface area contributed by atoms with Crippen molar-refractivity contribution in [1.29, 1.82) is 0 Å². The molecular formula is C27H20N4O2S2. The van der Waals surface area contributed by atoms with Gasteiger partial charge in [0.2, 0.25) is 0 Å².